The van der Waals surface area contributed by atoms with Crippen LogP contribution in [0.3, 0.4) is 0 Å². The summed E-state index contributed by atoms with van der Waals surface area (Å²) in [5, 5.41) is 5.85. The number of amides is 1. The highest BCUT2D eigenvalue weighted by Crippen LogP contribution is 2.17. The van der Waals surface area contributed by atoms with Crippen molar-refractivity contribution >= 4 is 17.4 Å². The summed E-state index contributed by atoms with van der Waals surface area (Å²) in [6, 6.07) is 17.1. The Morgan fingerprint density at radius 3 is 2.48 bits per heavy atom. The lowest BCUT2D eigenvalue weighted by Crippen LogP contribution is -2.16. The molecule has 0 aliphatic rings. The predicted octanol–water partition coefficient (Wildman–Crippen LogP) is 3.90. The summed E-state index contributed by atoms with van der Waals surface area (Å²) in [5.74, 6) is 1.23. The molecule has 0 saturated heterocycles. The number of rotatable bonds is 9. The van der Waals surface area contributed by atoms with E-state index in [9.17, 15) is 9.18 Å². The van der Waals surface area contributed by atoms with Gasteiger partial charge in [0.05, 0.1) is 25.4 Å². The van der Waals surface area contributed by atoms with Crippen LogP contribution < -0.4 is 20.1 Å². The average Bonchev–Trinajstić information content (AvgIpc) is 2.74. The van der Waals surface area contributed by atoms with Crippen LogP contribution in [0.2, 0.25) is 0 Å². The van der Waals surface area contributed by atoms with E-state index in [2.05, 4.69) is 15.6 Å². The number of anilines is 2. The van der Waals surface area contributed by atoms with Crippen molar-refractivity contribution in [2.45, 2.75) is 6.42 Å². The zero-order valence-electron chi connectivity index (χ0n) is 16.0. The maximum atomic E-state index is 13.6. The van der Waals surface area contributed by atoms with Gasteiger partial charge in [-0.15, -0.1) is 0 Å². The molecule has 3 aromatic rings. The van der Waals surface area contributed by atoms with Crippen molar-refractivity contribution < 1.29 is 18.7 Å². The summed E-state index contributed by atoms with van der Waals surface area (Å²) in [7, 11) is 1.62. The lowest BCUT2D eigenvalue weighted by atomic mass is 10.1. The third-order valence-corrected chi connectivity index (χ3v) is 4.10. The fourth-order valence-electron chi connectivity index (χ4n) is 2.61. The van der Waals surface area contributed by atoms with Gasteiger partial charge in [-0.05, 0) is 48.0 Å². The molecule has 3 rings (SSSR count). The second-order valence-electron chi connectivity index (χ2n) is 6.20. The maximum Gasteiger partial charge on any atom is 0.230 e. The van der Waals surface area contributed by atoms with Gasteiger partial charge in [-0.1, -0.05) is 18.2 Å². The predicted molar refractivity (Wildman–Crippen MR) is 110 cm³/mol. The molecule has 150 valence electrons. The molecule has 1 heterocycles. The lowest BCUT2D eigenvalue weighted by molar-refractivity contribution is -0.115. The third kappa shape index (κ3) is 6.21. The van der Waals surface area contributed by atoms with Crippen LogP contribution in [0.4, 0.5) is 15.9 Å². The van der Waals surface area contributed by atoms with Crippen LogP contribution in [-0.4, -0.2) is 31.2 Å². The van der Waals surface area contributed by atoms with Crippen molar-refractivity contribution in [1.82, 2.24) is 4.98 Å². The largest absolute Gasteiger partial charge is 0.497 e. The molecule has 0 bridgehead atoms. The number of methoxy groups -OCH3 is 1. The Labute approximate surface area is 168 Å². The SMILES string of the molecule is COc1ccc(OCCNc2ccc(NC(=O)Cc3ccccc3F)nc2)cc1. The summed E-state index contributed by atoms with van der Waals surface area (Å²) in [5.41, 5.74) is 1.15. The molecular weight excluding hydrogens is 373 g/mol. The molecule has 2 N–H and O–H groups in total. The molecule has 1 amide bonds. The van der Waals surface area contributed by atoms with E-state index in [0.29, 0.717) is 24.5 Å². The summed E-state index contributed by atoms with van der Waals surface area (Å²) in [6.07, 6.45) is 1.57. The molecule has 0 radical (unpaired) electrons. The Kier molecular flexibility index (Phi) is 7.00. The van der Waals surface area contributed by atoms with Gasteiger partial charge in [0.1, 0.15) is 29.7 Å². The number of benzene rings is 2. The van der Waals surface area contributed by atoms with Crippen LogP contribution in [0.1, 0.15) is 5.56 Å². The van der Waals surface area contributed by atoms with Gasteiger partial charge in [0, 0.05) is 6.54 Å². The fourth-order valence-corrected chi connectivity index (χ4v) is 2.61. The van der Waals surface area contributed by atoms with Crippen molar-refractivity contribution in [3.8, 4) is 11.5 Å². The summed E-state index contributed by atoms with van der Waals surface area (Å²) >= 11 is 0. The smallest absolute Gasteiger partial charge is 0.230 e. The van der Waals surface area contributed by atoms with Gasteiger partial charge < -0.3 is 20.1 Å². The number of carbonyl (C=O) groups excluding carboxylic acids is 1. The van der Waals surface area contributed by atoms with Gasteiger partial charge in [-0.3, -0.25) is 4.79 Å². The third-order valence-electron chi connectivity index (χ3n) is 4.10. The standard InChI is InChI=1S/C22H22FN3O3/c1-28-18-7-9-19(10-8-18)29-13-12-24-17-6-11-21(25-15-17)26-22(27)14-16-4-2-3-5-20(16)23/h2-11,15,24H,12-14H2,1H3,(H,25,26,27). The van der Waals surface area contributed by atoms with Crippen molar-refractivity contribution in [1.29, 1.82) is 0 Å². The number of hydrogen-bond donors (Lipinski definition) is 2. The van der Waals surface area contributed by atoms with Gasteiger partial charge in [-0.25, -0.2) is 9.37 Å². The number of aromatic nitrogens is 1. The maximum absolute atomic E-state index is 13.6. The van der Waals surface area contributed by atoms with Crippen LogP contribution in [0, 0.1) is 5.82 Å². The molecule has 0 saturated carbocycles. The summed E-state index contributed by atoms with van der Waals surface area (Å²) < 4.78 is 24.4. The molecule has 6 nitrogen and oxygen atoms in total. The van der Waals surface area contributed by atoms with Crippen molar-refractivity contribution in [2.75, 3.05) is 30.9 Å². The first-order valence-electron chi connectivity index (χ1n) is 9.14. The zero-order chi connectivity index (χ0) is 20.5. The topological polar surface area (TPSA) is 72.5 Å². The van der Waals surface area contributed by atoms with E-state index in [-0.39, 0.29) is 12.3 Å². The van der Waals surface area contributed by atoms with Crippen LogP contribution in [-0.2, 0) is 11.2 Å². The summed E-state index contributed by atoms with van der Waals surface area (Å²) in [4.78, 5) is 16.2. The van der Waals surface area contributed by atoms with Crippen LogP contribution >= 0.6 is 0 Å². The van der Waals surface area contributed by atoms with E-state index in [4.69, 9.17) is 9.47 Å². The molecule has 1 aromatic heterocycles. The minimum Gasteiger partial charge on any atom is -0.497 e. The Hall–Kier alpha value is -3.61. The van der Waals surface area contributed by atoms with Gasteiger partial charge in [0.15, 0.2) is 0 Å². The van der Waals surface area contributed by atoms with E-state index >= 15 is 0 Å². The highest BCUT2D eigenvalue weighted by atomic mass is 19.1. The monoisotopic (exact) mass is 395 g/mol. The first kappa shape index (κ1) is 20.1. The Balaban J connectivity index is 1.41. The van der Waals surface area contributed by atoms with Gasteiger partial charge in [0.2, 0.25) is 5.91 Å². The minimum absolute atomic E-state index is 0.0446. The highest BCUT2D eigenvalue weighted by molar-refractivity contribution is 5.91. The van der Waals surface area contributed by atoms with E-state index in [1.807, 2.05) is 24.3 Å². The summed E-state index contributed by atoms with van der Waals surface area (Å²) in [6.45, 7) is 1.07. The number of halogens is 1. The van der Waals surface area contributed by atoms with Gasteiger partial charge in [-0.2, -0.15) is 0 Å². The van der Waals surface area contributed by atoms with Crippen LogP contribution in [0.25, 0.3) is 0 Å². The van der Waals surface area contributed by atoms with E-state index in [1.165, 1.54) is 6.07 Å². The molecule has 0 unspecified atom stereocenters. The zero-order valence-corrected chi connectivity index (χ0v) is 16.0. The van der Waals surface area contributed by atoms with Crippen molar-refractivity contribution in [3.05, 3.63) is 78.2 Å². The normalized spacial score (nSPS) is 10.3. The van der Waals surface area contributed by atoms with Gasteiger partial charge in [0.25, 0.3) is 0 Å². The Morgan fingerprint density at radius 1 is 1.03 bits per heavy atom. The van der Waals surface area contributed by atoms with Crippen LogP contribution in [0.15, 0.2) is 66.9 Å². The second-order valence-corrected chi connectivity index (χ2v) is 6.20. The molecule has 0 fully saturated rings. The molecular formula is C22H22FN3O3. The molecule has 0 aliphatic carbocycles. The van der Waals surface area contributed by atoms with E-state index in [0.717, 1.165) is 17.2 Å². The first-order valence-corrected chi connectivity index (χ1v) is 9.14. The molecule has 0 aliphatic heterocycles. The molecule has 0 atom stereocenters. The number of hydrogen-bond acceptors (Lipinski definition) is 5. The lowest BCUT2D eigenvalue weighted by Gasteiger charge is -2.10. The van der Waals surface area contributed by atoms with Gasteiger partial charge >= 0.3 is 0 Å². The van der Waals surface area contributed by atoms with Crippen molar-refractivity contribution in [3.63, 3.8) is 0 Å². The van der Waals surface area contributed by atoms with E-state index < -0.39 is 5.82 Å². The highest BCUT2D eigenvalue weighted by Gasteiger charge is 2.08. The first-order chi connectivity index (χ1) is 14.1. The Morgan fingerprint density at radius 2 is 1.79 bits per heavy atom. The minimum atomic E-state index is -0.396. The molecule has 2 aromatic carbocycles. The number of carbonyl (C=O) groups is 1. The number of ether oxygens (including phenoxy) is 2. The van der Waals surface area contributed by atoms with Crippen LogP contribution in [0.5, 0.6) is 11.5 Å². The second kappa shape index (κ2) is 10.1. The van der Waals surface area contributed by atoms with E-state index in [1.54, 1.807) is 43.6 Å². The fraction of sp³-hybridized carbons (Fsp3) is 0.182. The number of nitrogens with one attached hydrogen (secondary N) is 2. The average molecular weight is 395 g/mol. The molecule has 29 heavy (non-hydrogen) atoms. The number of pyridine rings is 1. The Bertz CT molecular complexity index is 931. The number of nitrogens with zero attached hydrogens (tertiary/aromatic N) is 1. The molecule has 0 spiro atoms. The quantitative estimate of drug-likeness (QED) is 0.538. The van der Waals surface area contributed by atoms with Crippen molar-refractivity contribution in [2.24, 2.45) is 0 Å². The molecule has 7 heteroatoms.